The van der Waals surface area contributed by atoms with Crippen molar-refractivity contribution in [2.75, 3.05) is 13.1 Å². The second-order valence-corrected chi connectivity index (χ2v) is 4.30. The van der Waals surface area contributed by atoms with E-state index in [1.165, 1.54) is 6.07 Å². The summed E-state index contributed by atoms with van der Waals surface area (Å²) in [6.07, 6.45) is 0. The van der Waals surface area contributed by atoms with Crippen molar-refractivity contribution in [3.8, 4) is 0 Å². The van der Waals surface area contributed by atoms with Crippen LogP contribution in [0.3, 0.4) is 0 Å². The molecule has 0 aromatic heterocycles. The number of aryl methyl sites for hydroxylation is 1. The molecule has 0 saturated carbocycles. The highest BCUT2D eigenvalue weighted by molar-refractivity contribution is 5.95. The molecule has 1 aliphatic heterocycles. The van der Waals surface area contributed by atoms with Gasteiger partial charge in [0.05, 0.1) is 5.56 Å². The maximum Gasteiger partial charge on any atom is 0.256 e. The monoisotopic (exact) mass is 207 g/mol. The number of amides is 1. The summed E-state index contributed by atoms with van der Waals surface area (Å²) in [5.74, 6) is -0.0624. The average Bonchev–Trinajstić information content (AvgIpc) is 2.12. The number of hydrogen-bond acceptors (Lipinski definition) is 1. The van der Waals surface area contributed by atoms with Gasteiger partial charge in [-0.05, 0) is 30.5 Å². The predicted molar refractivity (Wildman–Crippen MR) is 56.2 cm³/mol. The molecule has 0 aliphatic carbocycles. The van der Waals surface area contributed by atoms with Crippen LogP contribution in [-0.4, -0.2) is 23.9 Å². The molecule has 1 saturated heterocycles. The van der Waals surface area contributed by atoms with E-state index < -0.39 is 5.82 Å². The first-order chi connectivity index (χ1) is 7.08. The van der Waals surface area contributed by atoms with Crippen LogP contribution in [-0.2, 0) is 0 Å². The lowest BCUT2D eigenvalue weighted by atomic mass is 10.0. The first-order valence-electron chi connectivity index (χ1n) is 5.13. The number of likely N-dealkylation sites (tertiary alicyclic amines) is 1. The SMILES string of the molecule is Cc1ccc(C(=O)N2CC(C)C2)c(F)c1. The highest BCUT2D eigenvalue weighted by atomic mass is 19.1. The Hall–Kier alpha value is -1.38. The number of hydrogen-bond donors (Lipinski definition) is 0. The maximum absolute atomic E-state index is 13.5. The zero-order chi connectivity index (χ0) is 11.0. The molecular formula is C12H14FNO. The third-order valence-electron chi connectivity index (χ3n) is 2.71. The van der Waals surface area contributed by atoms with Crippen LogP contribution in [0.25, 0.3) is 0 Å². The fourth-order valence-electron chi connectivity index (χ4n) is 1.83. The van der Waals surface area contributed by atoms with Gasteiger partial charge in [-0.3, -0.25) is 4.79 Å². The summed E-state index contributed by atoms with van der Waals surface area (Å²) in [6.45, 7) is 5.37. The van der Waals surface area contributed by atoms with E-state index in [0.717, 1.165) is 18.7 Å². The number of halogens is 1. The lowest BCUT2D eigenvalue weighted by Gasteiger charge is -2.37. The van der Waals surface area contributed by atoms with Gasteiger partial charge in [-0.25, -0.2) is 4.39 Å². The number of benzene rings is 1. The zero-order valence-corrected chi connectivity index (χ0v) is 8.96. The fourth-order valence-corrected chi connectivity index (χ4v) is 1.83. The Morgan fingerprint density at radius 2 is 2.13 bits per heavy atom. The third-order valence-corrected chi connectivity index (χ3v) is 2.71. The van der Waals surface area contributed by atoms with Crippen LogP contribution in [0, 0.1) is 18.7 Å². The predicted octanol–water partition coefficient (Wildman–Crippen LogP) is 2.23. The van der Waals surface area contributed by atoms with Crippen molar-refractivity contribution in [1.82, 2.24) is 4.90 Å². The Labute approximate surface area is 88.7 Å². The Morgan fingerprint density at radius 1 is 1.47 bits per heavy atom. The van der Waals surface area contributed by atoms with Gasteiger partial charge in [0.2, 0.25) is 0 Å². The molecule has 0 unspecified atom stereocenters. The van der Waals surface area contributed by atoms with Gasteiger partial charge >= 0.3 is 0 Å². The van der Waals surface area contributed by atoms with Crippen LogP contribution in [0.4, 0.5) is 4.39 Å². The molecule has 0 radical (unpaired) electrons. The van der Waals surface area contributed by atoms with E-state index in [1.807, 2.05) is 6.92 Å². The van der Waals surface area contributed by atoms with E-state index in [2.05, 4.69) is 6.92 Å². The second kappa shape index (κ2) is 3.65. The lowest BCUT2D eigenvalue weighted by Crippen LogP contribution is -2.48. The van der Waals surface area contributed by atoms with Gasteiger partial charge in [-0.1, -0.05) is 13.0 Å². The Balaban J connectivity index is 2.19. The molecule has 80 valence electrons. The van der Waals surface area contributed by atoms with E-state index in [1.54, 1.807) is 17.0 Å². The Kier molecular flexibility index (Phi) is 2.47. The summed E-state index contributed by atoms with van der Waals surface area (Å²) in [5.41, 5.74) is 1.02. The van der Waals surface area contributed by atoms with Crippen LogP contribution in [0.5, 0.6) is 0 Å². The number of carbonyl (C=O) groups excluding carboxylic acids is 1. The first-order valence-corrected chi connectivity index (χ1v) is 5.13. The molecule has 3 heteroatoms. The summed E-state index contributed by atoms with van der Waals surface area (Å²) >= 11 is 0. The molecule has 0 atom stereocenters. The molecule has 15 heavy (non-hydrogen) atoms. The smallest absolute Gasteiger partial charge is 0.256 e. The summed E-state index contributed by atoms with van der Waals surface area (Å²) < 4.78 is 13.5. The highest BCUT2D eigenvalue weighted by Crippen LogP contribution is 2.19. The van der Waals surface area contributed by atoms with Crippen molar-refractivity contribution in [3.63, 3.8) is 0 Å². The molecule has 0 spiro atoms. The van der Waals surface area contributed by atoms with Gasteiger partial charge in [0.15, 0.2) is 0 Å². The molecule has 2 nitrogen and oxygen atoms in total. The van der Waals surface area contributed by atoms with E-state index >= 15 is 0 Å². The van der Waals surface area contributed by atoms with Crippen LogP contribution >= 0.6 is 0 Å². The molecule has 1 aromatic rings. The Morgan fingerprint density at radius 3 is 2.67 bits per heavy atom. The lowest BCUT2D eigenvalue weighted by molar-refractivity contribution is 0.0525. The van der Waals surface area contributed by atoms with Crippen LogP contribution < -0.4 is 0 Å². The van der Waals surface area contributed by atoms with E-state index in [9.17, 15) is 9.18 Å². The molecular weight excluding hydrogens is 193 g/mol. The van der Waals surface area contributed by atoms with Gasteiger partial charge in [-0.2, -0.15) is 0 Å². The van der Waals surface area contributed by atoms with Crippen LogP contribution in [0.15, 0.2) is 18.2 Å². The summed E-state index contributed by atoms with van der Waals surface area (Å²) in [5, 5.41) is 0. The van der Waals surface area contributed by atoms with Gasteiger partial charge in [0, 0.05) is 13.1 Å². The Bertz CT molecular complexity index is 397. The number of rotatable bonds is 1. The van der Waals surface area contributed by atoms with E-state index in [4.69, 9.17) is 0 Å². The quantitative estimate of drug-likeness (QED) is 0.691. The number of carbonyl (C=O) groups is 1. The minimum Gasteiger partial charge on any atom is -0.338 e. The standard InChI is InChI=1S/C12H14FNO/c1-8-3-4-10(11(13)5-8)12(15)14-6-9(2)7-14/h3-5,9H,6-7H2,1-2H3. The summed E-state index contributed by atoms with van der Waals surface area (Å²) in [4.78, 5) is 13.5. The van der Waals surface area contributed by atoms with E-state index in [0.29, 0.717) is 5.92 Å². The molecule has 0 bridgehead atoms. The zero-order valence-electron chi connectivity index (χ0n) is 8.96. The molecule has 1 aromatic carbocycles. The average molecular weight is 207 g/mol. The molecule has 1 fully saturated rings. The third kappa shape index (κ3) is 1.87. The van der Waals surface area contributed by atoms with Crippen LogP contribution in [0.2, 0.25) is 0 Å². The maximum atomic E-state index is 13.5. The molecule has 2 rings (SSSR count). The fraction of sp³-hybridized carbons (Fsp3) is 0.417. The van der Waals surface area contributed by atoms with Gasteiger partial charge in [-0.15, -0.1) is 0 Å². The van der Waals surface area contributed by atoms with Crippen molar-refractivity contribution < 1.29 is 9.18 Å². The minimum atomic E-state index is -0.417. The van der Waals surface area contributed by atoms with Gasteiger partial charge in [0.1, 0.15) is 5.82 Å². The summed E-state index contributed by atoms with van der Waals surface area (Å²) in [6, 6.07) is 4.73. The number of nitrogens with zero attached hydrogens (tertiary/aromatic N) is 1. The topological polar surface area (TPSA) is 20.3 Å². The minimum absolute atomic E-state index is 0.188. The first kappa shape index (κ1) is 10.1. The van der Waals surface area contributed by atoms with Gasteiger partial charge < -0.3 is 4.90 Å². The van der Waals surface area contributed by atoms with Crippen molar-refractivity contribution in [3.05, 3.63) is 35.1 Å². The van der Waals surface area contributed by atoms with E-state index in [-0.39, 0.29) is 11.5 Å². The molecule has 1 amide bonds. The molecule has 0 N–H and O–H groups in total. The molecule has 1 aliphatic rings. The largest absolute Gasteiger partial charge is 0.338 e. The van der Waals surface area contributed by atoms with Crippen molar-refractivity contribution in [2.24, 2.45) is 5.92 Å². The highest BCUT2D eigenvalue weighted by Gasteiger charge is 2.29. The van der Waals surface area contributed by atoms with Crippen molar-refractivity contribution in [1.29, 1.82) is 0 Å². The van der Waals surface area contributed by atoms with Gasteiger partial charge in [0.25, 0.3) is 5.91 Å². The van der Waals surface area contributed by atoms with Crippen molar-refractivity contribution in [2.45, 2.75) is 13.8 Å². The molecule has 1 heterocycles. The normalized spacial score (nSPS) is 16.3. The van der Waals surface area contributed by atoms with Crippen molar-refractivity contribution >= 4 is 5.91 Å². The summed E-state index contributed by atoms with van der Waals surface area (Å²) in [7, 11) is 0. The van der Waals surface area contributed by atoms with Crippen LogP contribution in [0.1, 0.15) is 22.8 Å². The second-order valence-electron chi connectivity index (χ2n) is 4.30.